The summed E-state index contributed by atoms with van der Waals surface area (Å²) in [4.78, 5) is 13.8. The Balaban J connectivity index is 1.34. The third-order valence-corrected chi connectivity index (χ3v) is 5.24. The van der Waals surface area contributed by atoms with E-state index in [1.807, 2.05) is 37.6 Å². The number of hydrogen-bond donors (Lipinski definition) is 1. The summed E-state index contributed by atoms with van der Waals surface area (Å²) in [5.74, 6) is 1.78. The van der Waals surface area contributed by atoms with Crippen molar-refractivity contribution < 1.29 is 4.74 Å². The van der Waals surface area contributed by atoms with Gasteiger partial charge in [-0.25, -0.2) is 9.67 Å². The van der Waals surface area contributed by atoms with Gasteiger partial charge in [0.1, 0.15) is 0 Å². The lowest BCUT2D eigenvalue weighted by Crippen LogP contribution is -2.46. The molecule has 0 amide bonds. The smallest absolute Gasteiger partial charge is 0.193 e. The number of likely N-dealkylation sites (tertiary alicyclic amines) is 1. The van der Waals surface area contributed by atoms with Gasteiger partial charge in [0, 0.05) is 64.4 Å². The molecule has 2 aliphatic rings. The molecule has 27 heavy (non-hydrogen) atoms. The van der Waals surface area contributed by atoms with Crippen LogP contribution in [0, 0.1) is 0 Å². The van der Waals surface area contributed by atoms with E-state index in [2.05, 4.69) is 30.2 Å². The van der Waals surface area contributed by atoms with Crippen LogP contribution >= 0.6 is 0 Å². The van der Waals surface area contributed by atoms with Gasteiger partial charge in [0.25, 0.3) is 0 Å². The quantitative estimate of drug-likeness (QED) is 0.634. The first-order valence-electron chi connectivity index (χ1n) is 9.56. The summed E-state index contributed by atoms with van der Waals surface area (Å²) >= 11 is 0. The highest BCUT2D eigenvalue weighted by Crippen LogP contribution is 2.17. The van der Waals surface area contributed by atoms with Crippen molar-refractivity contribution in [2.75, 3.05) is 46.4 Å². The molecule has 2 aliphatic heterocycles. The number of morpholine rings is 1. The largest absolute Gasteiger partial charge is 0.379 e. The second-order valence-corrected chi connectivity index (χ2v) is 6.91. The maximum absolute atomic E-state index is 5.48. The highest BCUT2D eigenvalue weighted by Gasteiger charge is 2.30. The van der Waals surface area contributed by atoms with Crippen LogP contribution in [0.25, 0.3) is 5.82 Å². The van der Waals surface area contributed by atoms with Gasteiger partial charge in [-0.3, -0.25) is 9.89 Å². The third kappa shape index (κ3) is 4.28. The predicted molar refractivity (Wildman–Crippen MR) is 104 cm³/mol. The van der Waals surface area contributed by atoms with Crippen LogP contribution in [-0.2, 0) is 11.3 Å². The van der Waals surface area contributed by atoms with E-state index in [-0.39, 0.29) is 0 Å². The molecule has 0 spiro atoms. The van der Waals surface area contributed by atoms with Crippen LogP contribution in [0.5, 0.6) is 0 Å². The summed E-state index contributed by atoms with van der Waals surface area (Å²) in [6.07, 6.45) is 6.65. The number of hydrogen-bond acceptors (Lipinski definition) is 5. The molecule has 0 bridgehead atoms. The Hall–Kier alpha value is -2.45. The Labute approximate surface area is 159 Å². The van der Waals surface area contributed by atoms with Crippen molar-refractivity contribution in [2.45, 2.75) is 19.0 Å². The number of pyridine rings is 1. The van der Waals surface area contributed by atoms with E-state index >= 15 is 0 Å². The summed E-state index contributed by atoms with van der Waals surface area (Å²) in [6, 6.07) is 6.56. The van der Waals surface area contributed by atoms with E-state index in [0.717, 1.165) is 56.7 Å². The molecule has 0 radical (unpaired) electrons. The molecule has 144 valence electrons. The summed E-state index contributed by atoms with van der Waals surface area (Å²) in [5, 5.41) is 7.74. The molecule has 2 fully saturated rings. The van der Waals surface area contributed by atoms with Gasteiger partial charge in [-0.2, -0.15) is 5.10 Å². The molecule has 8 heteroatoms. The van der Waals surface area contributed by atoms with Crippen LogP contribution in [0.4, 0.5) is 0 Å². The number of ether oxygens (including phenoxy) is 1. The van der Waals surface area contributed by atoms with Crippen molar-refractivity contribution in [2.24, 2.45) is 4.99 Å². The van der Waals surface area contributed by atoms with E-state index < -0.39 is 0 Å². The van der Waals surface area contributed by atoms with E-state index in [9.17, 15) is 0 Å². The highest BCUT2D eigenvalue weighted by molar-refractivity contribution is 5.80. The molecule has 8 nitrogen and oxygen atoms in total. The average Bonchev–Trinajstić information content (AvgIpc) is 3.42. The number of guanidine groups is 1. The Morgan fingerprint density at radius 3 is 2.96 bits per heavy atom. The number of aromatic nitrogens is 3. The zero-order valence-corrected chi connectivity index (χ0v) is 15.8. The van der Waals surface area contributed by atoms with E-state index in [1.165, 1.54) is 6.42 Å². The highest BCUT2D eigenvalue weighted by atomic mass is 16.5. The maximum Gasteiger partial charge on any atom is 0.193 e. The lowest BCUT2D eigenvalue weighted by atomic mass is 10.2. The first kappa shape index (κ1) is 17.9. The molecule has 0 saturated carbocycles. The SMILES string of the molecule is CN=C(NCc1ccnc(-n2cccn2)c1)N1CCC(N2CCOCC2)C1. The van der Waals surface area contributed by atoms with Crippen molar-refractivity contribution >= 4 is 5.96 Å². The van der Waals surface area contributed by atoms with Gasteiger partial charge in [-0.1, -0.05) is 0 Å². The third-order valence-electron chi connectivity index (χ3n) is 5.24. The summed E-state index contributed by atoms with van der Waals surface area (Å²) in [5.41, 5.74) is 1.15. The second kappa shape index (κ2) is 8.49. The molecule has 1 N–H and O–H groups in total. The molecule has 2 aromatic heterocycles. The van der Waals surface area contributed by atoms with Crippen molar-refractivity contribution in [3.63, 3.8) is 0 Å². The molecule has 2 aromatic rings. The van der Waals surface area contributed by atoms with Crippen LogP contribution in [0.15, 0.2) is 41.8 Å². The minimum atomic E-state index is 0.597. The fraction of sp³-hybridized carbons (Fsp3) is 0.526. The molecule has 1 unspecified atom stereocenters. The first-order chi connectivity index (χ1) is 13.3. The summed E-state index contributed by atoms with van der Waals surface area (Å²) in [7, 11) is 1.85. The maximum atomic E-state index is 5.48. The van der Waals surface area contributed by atoms with Gasteiger partial charge in [0.05, 0.1) is 13.2 Å². The lowest BCUT2D eigenvalue weighted by Gasteiger charge is -2.32. The van der Waals surface area contributed by atoms with Crippen LogP contribution in [0.2, 0.25) is 0 Å². The number of nitrogens with zero attached hydrogens (tertiary/aromatic N) is 6. The summed E-state index contributed by atoms with van der Waals surface area (Å²) in [6.45, 7) is 6.55. The fourth-order valence-corrected chi connectivity index (χ4v) is 3.79. The van der Waals surface area contributed by atoms with Gasteiger partial charge < -0.3 is 15.0 Å². The first-order valence-corrected chi connectivity index (χ1v) is 9.56. The Morgan fingerprint density at radius 2 is 2.19 bits per heavy atom. The zero-order valence-electron chi connectivity index (χ0n) is 15.8. The Bertz CT molecular complexity index is 755. The van der Waals surface area contributed by atoms with E-state index in [4.69, 9.17) is 4.74 Å². The van der Waals surface area contributed by atoms with Crippen LogP contribution in [0.3, 0.4) is 0 Å². The van der Waals surface area contributed by atoms with Crippen molar-refractivity contribution in [1.82, 2.24) is 29.9 Å². The van der Waals surface area contributed by atoms with Crippen molar-refractivity contribution in [3.05, 3.63) is 42.4 Å². The van der Waals surface area contributed by atoms with Crippen LogP contribution in [-0.4, -0.2) is 83.0 Å². The van der Waals surface area contributed by atoms with Crippen LogP contribution in [0.1, 0.15) is 12.0 Å². The molecule has 0 aliphatic carbocycles. The number of aliphatic imine (C=N–C) groups is 1. The summed E-state index contributed by atoms with van der Waals surface area (Å²) < 4.78 is 7.25. The lowest BCUT2D eigenvalue weighted by molar-refractivity contribution is 0.0195. The van der Waals surface area contributed by atoms with Gasteiger partial charge >= 0.3 is 0 Å². The molecular formula is C19H27N7O. The minimum absolute atomic E-state index is 0.597. The molecule has 1 atom stereocenters. The Morgan fingerprint density at radius 1 is 1.30 bits per heavy atom. The monoisotopic (exact) mass is 369 g/mol. The van der Waals surface area contributed by atoms with Crippen molar-refractivity contribution in [1.29, 1.82) is 0 Å². The normalized spacial score (nSPS) is 21.6. The minimum Gasteiger partial charge on any atom is -0.379 e. The molecular weight excluding hydrogens is 342 g/mol. The van der Waals surface area contributed by atoms with E-state index in [0.29, 0.717) is 12.6 Å². The van der Waals surface area contributed by atoms with E-state index in [1.54, 1.807) is 10.9 Å². The number of rotatable bonds is 4. The van der Waals surface area contributed by atoms with Crippen LogP contribution < -0.4 is 5.32 Å². The fourth-order valence-electron chi connectivity index (χ4n) is 3.79. The second-order valence-electron chi connectivity index (χ2n) is 6.91. The van der Waals surface area contributed by atoms with Crippen molar-refractivity contribution in [3.8, 4) is 5.82 Å². The van der Waals surface area contributed by atoms with Gasteiger partial charge in [-0.05, 0) is 30.2 Å². The molecule has 4 rings (SSSR count). The van der Waals surface area contributed by atoms with Gasteiger partial charge in [-0.15, -0.1) is 0 Å². The Kier molecular flexibility index (Phi) is 5.64. The van der Waals surface area contributed by atoms with Gasteiger partial charge in [0.2, 0.25) is 0 Å². The predicted octanol–water partition coefficient (Wildman–Crippen LogP) is 0.749. The number of nitrogens with one attached hydrogen (secondary N) is 1. The standard InChI is InChI=1S/C19H27N7O/c1-20-19(25-8-4-17(15-25)24-9-11-27-12-10-24)22-14-16-3-6-21-18(13-16)26-7-2-5-23-26/h2-3,5-7,13,17H,4,8-12,14-15H2,1H3,(H,20,22). The molecule has 4 heterocycles. The topological polar surface area (TPSA) is 70.8 Å². The zero-order chi connectivity index (χ0) is 18.5. The molecule has 0 aromatic carbocycles. The van der Waals surface area contributed by atoms with Gasteiger partial charge in [0.15, 0.2) is 11.8 Å². The average molecular weight is 369 g/mol. The molecule has 2 saturated heterocycles.